The van der Waals surface area contributed by atoms with Gasteiger partial charge in [0, 0.05) is 18.4 Å². The molecule has 1 saturated heterocycles. The van der Waals surface area contributed by atoms with Crippen LogP contribution in [0, 0.1) is 17.2 Å². The van der Waals surface area contributed by atoms with Crippen molar-refractivity contribution in [3.05, 3.63) is 0 Å². The van der Waals surface area contributed by atoms with E-state index in [2.05, 4.69) is 17.9 Å². The number of carbonyl (C=O) groups excluding carboxylic acids is 1. The average molecular weight is 234 g/mol. The Morgan fingerprint density at radius 2 is 2.24 bits per heavy atom. The van der Waals surface area contributed by atoms with E-state index in [1.165, 1.54) is 12.8 Å². The summed E-state index contributed by atoms with van der Waals surface area (Å²) in [6.45, 7) is 3.07. The van der Waals surface area contributed by atoms with Gasteiger partial charge in [-0.05, 0) is 38.6 Å². The molecule has 1 aliphatic heterocycles. The van der Waals surface area contributed by atoms with E-state index in [1.54, 1.807) is 0 Å². The molecule has 3 heteroatoms. The number of carbonyl (C=O) groups is 1. The zero-order valence-corrected chi connectivity index (χ0v) is 10.7. The van der Waals surface area contributed by atoms with Crippen LogP contribution in [0.4, 0.5) is 0 Å². The first-order valence-corrected chi connectivity index (χ1v) is 6.96. The van der Waals surface area contributed by atoms with Crippen LogP contribution in [0.2, 0.25) is 0 Å². The smallest absolute Gasteiger partial charge is 0.137 e. The molecule has 0 aromatic rings. The summed E-state index contributed by atoms with van der Waals surface area (Å²) in [7, 11) is 0. The van der Waals surface area contributed by atoms with Crippen LogP contribution in [-0.4, -0.2) is 29.3 Å². The Morgan fingerprint density at radius 3 is 2.82 bits per heavy atom. The quantitative estimate of drug-likeness (QED) is 0.753. The van der Waals surface area contributed by atoms with Crippen molar-refractivity contribution < 1.29 is 4.79 Å². The summed E-state index contributed by atoms with van der Waals surface area (Å²) in [5.41, 5.74) is 0. The minimum atomic E-state index is 0.00806. The fourth-order valence-corrected chi connectivity index (χ4v) is 3.45. The minimum Gasteiger partial charge on any atom is -0.299 e. The summed E-state index contributed by atoms with van der Waals surface area (Å²) < 4.78 is 0. The molecule has 0 bridgehead atoms. The summed E-state index contributed by atoms with van der Waals surface area (Å²) in [5, 5.41) is 9.23. The van der Waals surface area contributed by atoms with Gasteiger partial charge in [0.15, 0.2) is 0 Å². The number of hydrogen-bond acceptors (Lipinski definition) is 3. The van der Waals surface area contributed by atoms with Gasteiger partial charge in [-0.15, -0.1) is 0 Å². The zero-order valence-electron chi connectivity index (χ0n) is 10.7. The SMILES string of the molecule is CCC(C#N)N1CCCCC1C1CCCC1=O. The van der Waals surface area contributed by atoms with E-state index in [0.29, 0.717) is 11.8 Å². The highest BCUT2D eigenvalue weighted by Crippen LogP contribution is 2.33. The molecule has 0 aromatic heterocycles. The van der Waals surface area contributed by atoms with Crippen LogP contribution < -0.4 is 0 Å². The Morgan fingerprint density at radius 1 is 1.41 bits per heavy atom. The van der Waals surface area contributed by atoms with Crippen molar-refractivity contribution in [2.45, 2.75) is 64.0 Å². The molecule has 17 heavy (non-hydrogen) atoms. The molecular weight excluding hydrogens is 212 g/mol. The van der Waals surface area contributed by atoms with Gasteiger partial charge in [-0.3, -0.25) is 9.69 Å². The first kappa shape index (κ1) is 12.6. The minimum absolute atomic E-state index is 0.00806. The van der Waals surface area contributed by atoms with Gasteiger partial charge >= 0.3 is 0 Å². The Balaban J connectivity index is 2.11. The third kappa shape index (κ3) is 2.52. The lowest BCUT2D eigenvalue weighted by Gasteiger charge is -2.41. The van der Waals surface area contributed by atoms with Gasteiger partial charge in [0.1, 0.15) is 5.78 Å². The Bertz CT molecular complexity index is 321. The van der Waals surface area contributed by atoms with Crippen molar-refractivity contribution in [2.75, 3.05) is 6.54 Å². The van der Waals surface area contributed by atoms with Gasteiger partial charge < -0.3 is 0 Å². The first-order chi connectivity index (χ1) is 8.27. The van der Waals surface area contributed by atoms with Gasteiger partial charge in [0.2, 0.25) is 0 Å². The fraction of sp³-hybridized carbons (Fsp3) is 0.857. The lowest BCUT2D eigenvalue weighted by atomic mass is 9.87. The molecule has 0 amide bonds. The number of piperidine rings is 1. The van der Waals surface area contributed by atoms with Crippen molar-refractivity contribution in [3.63, 3.8) is 0 Å². The number of Topliss-reactive ketones (excluding diaryl/α,β-unsaturated/α-hetero) is 1. The highest BCUT2D eigenvalue weighted by atomic mass is 16.1. The van der Waals surface area contributed by atoms with Gasteiger partial charge in [0.25, 0.3) is 0 Å². The van der Waals surface area contributed by atoms with Crippen molar-refractivity contribution in [1.82, 2.24) is 4.90 Å². The third-order valence-electron chi connectivity index (χ3n) is 4.34. The van der Waals surface area contributed by atoms with Crippen LogP contribution >= 0.6 is 0 Å². The number of nitrogens with zero attached hydrogens (tertiary/aromatic N) is 2. The van der Waals surface area contributed by atoms with E-state index in [1.807, 2.05) is 0 Å². The average Bonchev–Trinajstić information content (AvgIpc) is 2.78. The lowest BCUT2D eigenvalue weighted by Crippen LogP contribution is -2.50. The second-order valence-corrected chi connectivity index (χ2v) is 5.32. The van der Waals surface area contributed by atoms with Crippen molar-refractivity contribution in [3.8, 4) is 6.07 Å². The third-order valence-corrected chi connectivity index (χ3v) is 4.34. The van der Waals surface area contributed by atoms with Crippen LogP contribution in [0.1, 0.15) is 51.9 Å². The topological polar surface area (TPSA) is 44.1 Å². The van der Waals surface area contributed by atoms with Gasteiger partial charge in [-0.25, -0.2) is 0 Å². The van der Waals surface area contributed by atoms with E-state index in [-0.39, 0.29) is 12.0 Å². The Labute approximate surface area is 104 Å². The largest absolute Gasteiger partial charge is 0.299 e. The highest BCUT2D eigenvalue weighted by Gasteiger charge is 2.38. The molecule has 0 radical (unpaired) electrons. The maximum absolute atomic E-state index is 11.9. The summed E-state index contributed by atoms with van der Waals surface area (Å²) in [6.07, 6.45) is 7.22. The standard InChI is InChI=1S/C14H22N2O/c1-2-11(10-15)16-9-4-3-7-13(16)12-6-5-8-14(12)17/h11-13H,2-9H2,1H3. The maximum Gasteiger partial charge on any atom is 0.137 e. The molecule has 0 aromatic carbocycles. The molecule has 0 N–H and O–H groups in total. The van der Waals surface area contributed by atoms with Crippen LogP contribution in [0.5, 0.6) is 0 Å². The molecule has 3 unspecified atom stereocenters. The van der Waals surface area contributed by atoms with Crippen LogP contribution in [0.25, 0.3) is 0 Å². The van der Waals surface area contributed by atoms with Gasteiger partial charge in [-0.2, -0.15) is 5.26 Å². The maximum atomic E-state index is 11.9. The molecule has 94 valence electrons. The predicted molar refractivity (Wildman–Crippen MR) is 66.4 cm³/mol. The second kappa shape index (κ2) is 5.64. The Hall–Kier alpha value is -0.880. The van der Waals surface area contributed by atoms with Crippen LogP contribution in [0.15, 0.2) is 0 Å². The fourth-order valence-electron chi connectivity index (χ4n) is 3.45. The normalized spacial score (nSPS) is 32.4. The van der Waals surface area contributed by atoms with E-state index in [0.717, 1.165) is 38.6 Å². The van der Waals surface area contributed by atoms with E-state index in [4.69, 9.17) is 0 Å². The number of rotatable bonds is 3. The molecule has 3 atom stereocenters. The molecule has 1 aliphatic carbocycles. The molecule has 0 spiro atoms. The van der Waals surface area contributed by atoms with Crippen molar-refractivity contribution in [1.29, 1.82) is 5.26 Å². The number of nitriles is 1. The van der Waals surface area contributed by atoms with Crippen molar-refractivity contribution >= 4 is 5.78 Å². The molecule has 3 nitrogen and oxygen atoms in total. The van der Waals surface area contributed by atoms with Crippen LogP contribution in [-0.2, 0) is 4.79 Å². The molecule has 2 fully saturated rings. The first-order valence-electron chi connectivity index (χ1n) is 6.96. The predicted octanol–water partition coefficient (Wildman–Crippen LogP) is 2.51. The molecule has 1 saturated carbocycles. The summed E-state index contributed by atoms with van der Waals surface area (Å²) >= 11 is 0. The monoisotopic (exact) mass is 234 g/mol. The van der Waals surface area contributed by atoms with Gasteiger partial charge in [0.05, 0.1) is 12.1 Å². The summed E-state index contributed by atoms with van der Waals surface area (Å²) in [6, 6.07) is 2.76. The van der Waals surface area contributed by atoms with E-state index in [9.17, 15) is 10.1 Å². The zero-order chi connectivity index (χ0) is 12.3. The van der Waals surface area contributed by atoms with Crippen molar-refractivity contribution in [2.24, 2.45) is 5.92 Å². The highest BCUT2D eigenvalue weighted by molar-refractivity contribution is 5.83. The molecular formula is C14H22N2O. The van der Waals surface area contributed by atoms with Gasteiger partial charge in [-0.1, -0.05) is 13.3 Å². The number of likely N-dealkylation sites (tertiary alicyclic amines) is 1. The summed E-state index contributed by atoms with van der Waals surface area (Å²) in [4.78, 5) is 14.2. The summed E-state index contributed by atoms with van der Waals surface area (Å²) in [5.74, 6) is 0.660. The molecule has 2 aliphatic rings. The van der Waals surface area contributed by atoms with E-state index >= 15 is 0 Å². The molecule has 2 rings (SSSR count). The van der Waals surface area contributed by atoms with E-state index < -0.39 is 0 Å². The lowest BCUT2D eigenvalue weighted by molar-refractivity contribution is -0.123. The number of ketones is 1. The molecule has 1 heterocycles. The van der Waals surface area contributed by atoms with Crippen LogP contribution in [0.3, 0.4) is 0 Å². The number of hydrogen-bond donors (Lipinski definition) is 0. The second-order valence-electron chi connectivity index (χ2n) is 5.32. The Kier molecular flexibility index (Phi) is 4.17.